The number of carboxylic acids is 1. The van der Waals surface area contributed by atoms with Gasteiger partial charge in [-0.2, -0.15) is 0 Å². The molecule has 1 aliphatic rings. The van der Waals surface area contributed by atoms with Gasteiger partial charge in [0.1, 0.15) is 0 Å². The second-order valence-electron chi connectivity index (χ2n) is 4.91. The second-order valence-corrected chi connectivity index (χ2v) is 5.92. The molecule has 1 aliphatic heterocycles. The number of benzene rings is 1. The Bertz CT molecular complexity index is 788. The first kappa shape index (κ1) is 12.3. The Morgan fingerprint density at radius 2 is 2.14 bits per heavy atom. The first-order valence-corrected chi connectivity index (χ1v) is 7.28. The quantitative estimate of drug-likeness (QED) is 0.792. The van der Waals surface area contributed by atoms with Crippen LogP contribution in [-0.2, 0) is 0 Å². The van der Waals surface area contributed by atoms with E-state index in [1.165, 1.54) is 10.9 Å². The molecule has 1 aromatic carbocycles. The number of carboxylic acid groups (broad SMARTS) is 1. The minimum Gasteiger partial charge on any atom is -0.476 e. The molecule has 0 spiro atoms. The van der Waals surface area contributed by atoms with Crippen molar-refractivity contribution < 1.29 is 9.90 Å². The van der Waals surface area contributed by atoms with Gasteiger partial charge in [-0.05, 0) is 12.1 Å². The number of para-hydroxylation sites is 1. The molecule has 1 N–H and O–H groups in total. The Hall–Kier alpha value is -2.48. The molecule has 3 heterocycles. The zero-order chi connectivity index (χ0) is 14.4. The molecule has 0 radical (unpaired) electrons. The van der Waals surface area contributed by atoms with Crippen LogP contribution in [0.15, 0.2) is 30.5 Å². The minimum absolute atomic E-state index is 0.0200. The van der Waals surface area contributed by atoms with E-state index in [4.69, 9.17) is 5.11 Å². The average molecular weight is 301 g/mol. The largest absolute Gasteiger partial charge is 0.476 e. The van der Waals surface area contributed by atoms with Crippen LogP contribution in [0.1, 0.15) is 16.5 Å². The van der Waals surface area contributed by atoms with Gasteiger partial charge in [-0.1, -0.05) is 28.7 Å². The Morgan fingerprint density at radius 1 is 1.33 bits per heavy atom. The van der Waals surface area contributed by atoms with Crippen molar-refractivity contribution in [3.8, 4) is 0 Å². The summed E-state index contributed by atoms with van der Waals surface area (Å²) in [5.74, 6) is -1.05. The summed E-state index contributed by atoms with van der Waals surface area (Å²) in [7, 11) is 0. The van der Waals surface area contributed by atoms with E-state index in [0.29, 0.717) is 0 Å². The van der Waals surface area contributed by atoms with E-state index in [2.05, 4.69) is 26.3 Å². The van der Waals surface area contributed by atoms with Crippen molar-refractivity contribution in [2.45, 2.75) is 6.04 Å². The van der Waals surface area contributed by atoms with Crippen LogP contribution in [0.3, 0.4) is 0 Å². The molecular formula is C13H11N5O2S. The summed E-state index contributed by atoms with van der Waals surface area (Å²) in [5, 5.41) is 17.3. The molecule has 3 aromatic rings. The minimum atomic E-state index is -1.05. The third-order valence-electron chi connectivity index (χ3n) is 3.52. The van der Waals surface area contributed by atoms with E-state index >= 15 is 0 Å². The van der Waals surface area contributed by atoms with Gasteiger partial charge in [0, 0.05) is 13.1 Å². The third kappa shape index (κ3) is 2.04. The first-order chi connectivity index (χ1) is 10.2. The molecule has 0 saturated carbocycles. The molecule has 0 bridgehead atoms. The normalized spacial score (nSPS) is 15.3. The van der Waals surface area contributed by atoms with Crippen LogP contribution in [0.2, 0.25) is 0 Å². The van der Waals surface area contributed by atoms with Crippen molar-refractivity contribution in [2.24, 2.45) is 0 Å². The number of nitrogens with zero attached hydrogens (tertiary/aromatic N) is 5. The monoisotopic (exact) mass is 301 g/mol. The number of aromatic carboxylic acids is 1. The van der Waals surface area contributed by atoms with Crippen molar-refractivity contribution in [3.05, 3.63) is 36.2 Å². The van der Waals surface area contributed by atoms with Crippen molar-refractivity contribution in [2.75, 3.05) is 18.0 Å². The summed E-state index contributed by atoms with van der Waals surface area (Å²) in [6, 6.07) is 8.20. The molecule has 1 fully saturated rings. The summed E-state index contributed by atoms with van der Waals surface area (Å²) in [6.07, 6.45) is 1.47. The number of hydrogen-bond acceptors (Lipinski definition) is 6. The number of fused-ring (bicyclic) bond motifs is 1. The van der Waals surface area contributed by atoms with E-state index in [1.807, 2.05) is 18.2 Å². The van der Waals surface area contributed by atoms with E-state index in [-0.39, 0.29) is 11.7 Å². The number of hydrogen-bond donors (Lipinski definition) is 1. The molecule has 8 heteroatoms. The fraction of sp³-hybridized carbons (Fsp3) is 0.231. The maximum Gasteiger partial charge on any atom is 0.358 e. The number of thiazole rings is 1. The van der Waals surface area contributed by atoms with E-state index < -0.39 is 5.97 Å². The summed E-state index contributed by atoms with van der Waals surface area (Å²) in [4.78, 5) is 17.6. The van der Waals surface area contributed by atoms with Crippen LogP contribution in [-0.4, -0.2) is 44.1 Å². The van der Waals surface area contributed by atoms with Crippen LogP contribution in [0.4, 0.5) is 5.13 Å². The fourth-order valence-corrected chi connectivity index (χ4v) is 3.31. The van der Waals surface area contributed by atoms with Gasteiger partial charge in [0.15, 0.2) is 10.8 Å². The molecule has 4 rings (SSSR count). The zero-order valence-electron chi connectivity index (χ0n) is 10.9. The third-order valence-corrected chi connectivity index (χ3v) is 4.62. The van der Waals surface area contributed by atoms with Gasteiger partial charge in [-0.15, -0.1) is 5.10 Å². The highest BCUT2D eigenvalue weighted by molar-refractivity contribution is 7.22. The molecule has 0 unspecified atom stereocenters. The van der Waals surface area contributed by atoms with Crippen LogP contribution >= 0.6 is 11.3 Å². The Labute approximate surface area is 123 Å². The molecule has 2 aromatic heterocycles. The number of aromatic nitrogens is 4. The number of anilines is 1. The Kier molecular flexibility index (Phi) is 2.64. The lowest BCUT2D eigenvalue weighted by Gasteiger charge is -2.38. The van der Waals surface area contributed by atoms with Crippen LogP contribution < -0.4 is 4.90 Å². The highest BCUT2D eigenvalue weighted by Gasteiger charge is 2.31. The highest BCUT2D eigenvalue weighted by Crippen LogP contribution is 2.33. The molecule has 0 aliphatic carbocycles. The van der Waals surface area contributed by atoms with Gasteiger partial charge in [0.2, 0.25) is 0 Å². The maximum absolute atomic E-state index is 10.8. The molecular weight excluding hydrogens is 290 g/mol. The average Bonchev–Trinajstić information content (AvgIpc) is 3.03. The van der Waals surface area contributed by atoms with Gasteiger partial charge in [0.25, 0.3) is 0 Å². The van der Waals surface area contributed by atoms with Crippen LogP contribution in [0.25, 0.3) is 10.2 Å². The van der Waals surface area contributed by atoms with E-state index in [0.717, 1.165) is 23.7 Å². The fourth-order valence-electron chi connectivity index (χ4n) is 2.33. The molecule has 0 amide bonds. The van der Waals surface area contributed by atoms with Gasteiger partial charge < -0.3 is 10.0 Å². The lowest BCUT2D eigenvalue weighted by atomic mass is 10.1. The SMILES string of the molecule is O=C(O)c1cn(C2CN(c3nc4ccccc4s3)C2)nn1. The van der Waals surface area contributed by atoms with E-state index in [1.54, 1.807) is 16.0 Å². The van der Waals surface area contributed by atoms with Gasteiger partial charge in [-0.25, -0.2) is 14.5 Å². The zero-order valence-corrected chi connectivity index (χ0v) is 11.7. The van der Waals surface area contributed by atoms with Crippen molar-refractivity contribution in [3.63, 3.8) is 0 Å². The lowest BCUT2D eigenvalue weighted by Crippen LogP contribution is -2.48. The summed E-state index contributed by atoms with van der Waals surface area (Å²) in [5.41, 5.74) is 0.989. The number of carbonyl (C=O) groups is 1. The Balaban J connectivity index is 1.49. The van der Waals surface area contributed by atoms with Crippen molar-refractivity contribution in [1.29, 1.82) is 0 Å². The highest BCUT2D eigenvalue weighted by atomic mass is 32.1. The standard InChI is InChI=1S/C13H11N5O2S/c19-12(20)10-7-18(16-15-10)8-5-17(6-8)13-14-9-3-1-2-4-11(9)21-13/h1-4,7-8H,5-6H2,(H,19,20). The molecule has 1 saturated heterocycles. The molecule has 7 nitrogen and oxygen atoms in total. The summed E-state index contributed by atoms with van der Waals surface area (Å²) >= 11 is 1.66. The molecule has 21 heavy (non-hydrogen) atoms. The predicted octanol–water partition coefficient (Wildman–Crippen LogP) is 1.65. The van der Waals surface area contributed by atoms with Crippen LogP contribution in [0, 0.1) is 0 Å². The van der Waals surface area contributed by atoms with Crippen molar-refractivity contribution >= 4 is 32.7 Å². The molecule has 106 valence electrons. The first-order valence-electron chi connectivity index (χ1n) is 6.46. The van der Waals surface area contributed by atoms with Crippen molar-refractivity contribution in [1.82, 2.24) is 20.0 Å². The van der Waals surface area contributed by atoms with Gasteiger partial charge >= 0.3 is 5.97 Å². The summed E-state index contributed by atoms with van der Waals surface area (Å²) < 4.78 is 2.79. The Morgan fingerprint density at radius 3 is 2.86 bits per heavy atom. The maximum atomic E-state index is 10.8. The van der Waals surface area contributed by atoms with Gasteiger partial charge in [-0.3, -0.25) is 0 Å². The molecule has 0 atom stereocenters. The van der Waals surface area contributed by atoms with Gasteiger partial charge in [0.05, 0.1) is 22.5 Å². The smallest absolute Gasteiger partial charge is 0.358 e. The lowest BCUT2D eigenvalue weighted by molar-refractivity contribution is 0.0690. The number of rotatable bonds is 3. The van der Waals surface area contributed by atoms with E-state index in [9.17, 15) is 4.79 Å². The van der Waals surface area contributed by atoms with Crippen LogP contribution in [0.5, 0.6) is 0 Å². The predicted molar refractivity (Wildman–Crippen MR) is 77.9 cm³/mol. The second kappa shape index (κ2) is 4.52. The topological polar surface area (TPSA) is 84.1 Å². The summed E-state index contributed by atoms with van der Waals surface area (Å²) in [6.45, 7) is 1.53.